The van der Waals surface area contributed by atoms with Gasteiger partial charge in [-0.3, -0.25) is 4.79 Å². The molecule has 0 bridgehead atoms. The number of carbonyl (C=O) groups is 1. The maximum Gasteiger partial charge on any atom is 0.317 e. The first kappa shape index (κ1) is 42.8. The van der Waals surface area contributed by atoms with Gasteiger partial charge in [-0.25, -0.2) is 0 Å². The van der Waals surface area contributed by atoms with Crippen molar-refractivity contribution in [2.75, 3.05) is 13.2 Å². The van der Waals surface area contributed by atoms with Gasteiger partial charge in [0.2, 0.25) is 6.29 Å². The van der Waals surface area contributed by atoms with Crippen molar-refractivity contribution < 1.29 is 69.7 Å². The molecule has 14 nitrogen and oxygen atoms in total. The van der Waals surface area contributed by atoms with E-state index in [0.717, 1.165) is 32.1 Å². The molecule has 0 spiro atoms. The van der Waals surface area contributed by atoms with Crippen LogP contribution in [0.4, 0.5) is 0 Å². The summed E-state index contributed by atoms with van der Waals surface area (Å²) >= 11 is 0. The first-order valence-electron chi connectivity index (χ1n) is 20.9. The summed E-state index contributed by atoms with van der Waals surface area (Å²) in [6.45, 7) is 14.4. The van der Waals surface area contributed by atoms with Crippen molar-refractivity contribution in [2.24, 2.45) is 50.2 Å². The summed E-state index contributed by atoms with van der Waals surface area (Å²) in [6.07, 6.45) is -9.35. The highest BCUT2D eigenvalue weighted by atomic mass is 16.7. The number of hydrogen-bond acceptors (Lipinski definition) is 14. The van der Waals surface area contributed by atoms with E-state index < -0.39 is 97.5 Å². The molecule has 0 aromatic rings. The highest BCUT2D eigenvalue weighted by molar-refractivity contribution is 5.80. The summed E-state index contributed by atoms with van der Waals surface area (Å²) in [5, 5.41) is 97.1. The van der Waals surface area contributed by atoms with E-state index in [-0.39, 0.29) is 33.7 Å². The van der Waals surface area contributed by atoms with E-state index in [0.29, 0.717) is 37.5 Å². The SMILES string of the molecule is CC1(C)CC[C@]2(C(=O)O[C@H]3OC(CO)[C@H](O[C@@H]4OC(CO)[C@H](O)C(O)[C@H]4O)C(O)[C@H]3O)C(O)C[C@]3(C)C(=CC[C@@H]4[C@@]5(C)CC[C@H](O)C(C)(C)[C@@H]5CC[C@]43C)[C@@H]2C1. The Morgan fingerprint density at radius 2 is 1.36 bits per heavy atom. The Kier molecular flexibility index (Phi) is 11.0. The minimum atomic E-state index is -1.89. The van der Waals surface area contributed by atoms with Crippen LogP contribution in [0.3, 0.4) is 0 Å². The largest absolute Gasteiger partial charge is 0.432 e. The molecule has 56 heavy (non-hydrogen) atoms. The minimum absolute atomic E-state index is 0.00601. The molecular formula is C42H68O14. The quantitative estimate of drug-likeness (QED) is 0.136. The zero-order valence-electron chi connectivity index (χ0n) is 34.1. The van der Waals surface area contributed by atoms with Crippen LogP contribution in [0.5, 0.6) is 0 Å². The minimum Gasteiger partial charge on any atom is -0.432 e. The van der Waals surface area contributed by atoms with Gasteiger partial charge in [0.25, 0.3) is 0 Å². The molecule has 7 aliphatic rings. The fraction of sp³-hybridized carbons (Fsp3) is 0.929. The van der Waals surface area contributed by atoms with Gasteiger partial charge in [0.15, 0.2) is 6.29 Å². The lowest BCUT2D eigenvalue weighted by Gasteiger charge is -2.71. The van der Waals surface area contributed by atoms with Crippen molar-refractivity contribution in [3.8, 4) is 0 Å². The van der Waals surface area contributed by atoms with Gasteiger partial charge in [-0.15, -0.1) is 0 Å². The van der Waals surface area contributed by atoms with Crippen LogP contribution in [0.2, 0.25) is 0 Å². The lowest BCUT2D eigenvalue weighted by Crippen LogP contribution is -2.68. The molecule has 0 aromatic heterocycles. The van der Waals surface area contributed by atoms with Crippen LogP contribution in [0.25, 0.3) is 0 Å². The van der Waals surface area contributed by atoms with Crippen LogP contribution in [0, 0.1) is 50.2 Å². The van der Waals surface area contributed by atoms with Crippen molar-refractivity contribution >= 4 is 5.97 Å². The van der Waals surface area contributed by atoms with E-state index in [1.54, 1.807) is 0 Å². The van der Waals surface area contributed by atoms with Crippen LogP contribution in [-0.4, -0.2) is 139 Å². The maximum atomic E-state index is 14.8. The predicted octanol–water partition coefficient (Wildman–Crippen LogP) is 1.29. The van der Waals surface area contributed by atoms with Crippen molar-refractivity contribution in [3.63, 3.8) is 0 Å². The van der Waals surface area contributed by atoms with Crippen LogP contribution < -0.4 is 0 Å². The Hall–Kier alpha value is -1.27. The number of aliphatic hydroxyl groups excluding tert-OH is 9. The second kappa shape index (κ2) is 14.4. The van der Waals surface area contributed by atoms with Crippen molar-refractivity contribution in [1.29, 1.82) is 0 Å². The van der Waals surface area contributed by atoms with E-state index in [9.17, 15) is 50.8 Å². The average Bonchev–Trinajstić information content (AvgIpc) is 3.13. The van der Waals surface area contributed by atoms with E-state index in [2.05, 4.69) is 54.5 Å². The van der Waals surface area contributed by atoms with Gasteiger partial charge < -0.3 is 64.9 Å². The van der Waals surface area contributed by atoms with Crippen molar-refractivity contribution in [3.05, 3.63) is 11.6 Å². The lowest BCUT2D eigenvalue weighted by molar-refractivity contribution is -0.357. The summed E-state index contributed by atoms with van der Waals surface area (Å²) in [5.74, 6) is -0.449. The van der Waals surface area contributed by atoms with Gasteiger partial charge in [0, 0.05) is 0 Å². The third-order valence-electron chi connectivity index (χ3n) is 17.2. The monoisotopic (exact) mass is 796 g/mol. The summed E-state index contributed by atoms with van der Waals surface area (Å²) < 4.78 is 23.0. The highest BCUT2D eigenvalue weighted by Crippen LogP contribution is 2.76. The van der Waals surface area contributed by atoms with E-state index in [1.807, 2.05) is 0 Å². The number of allylic oxidation sites excluding steroid dienone is 2. The molecule has 0 amide bonds. The molecule has 320 valence electrons. The first-order valence-corrected chi connectivity index (χ1v) is 20.9. The van der Waals surface area contributed by atoms with Gasteiger partial charge in [-0.1, -0.05) is 60.1 Å². The van der Waals surface area contributed by atoms with Crippen molar-refractivity contribution in [1.82, 2.24) is 0 Å². The maximum absolute atomic E-state index is 14.8. The molecule has 7 rings (SSSR count). The number of ether oxygens (including phenoxy) is 4. The van der Waals surface area contributed by atoms with Gasteiger partial charge in [0.05, 0.1) is 25.4 Å². The normalized spacial score (nSPS) is 53.7. The molecule has 4 saturated carbocycles. The van der Waals surface area contributed by atoms with Crippen LogP contribution >= 0.6 is 0 Å². The second-order valence-corrected chi connectivity index (χ2v) is 20.8. The van der Waals surface area contributed by atoms with Gasteiger partial charge in [0.1, 0.15) is 54.2 Å². The summed E-state index contributed by atoms with van der Waals surface area (Å²) in [4.78, 5) is 14.8. The Labute approximate surface area is 330 Å². The standard InChI is InChI=1S/C42H68O14/c1-37(2)14-15-42(36(52)56-35-32(51)30(49)33(23(19-44)54-35)55-34-31(50)29(48)28(47)22(18-43)53-34)21(16-37)20-8-9-25-39(5)12-11-26(45)38(3,4)24(39)10-13-40(25,6)41(20,7)17-27(42)46/h8,21-35,43-51H,9-19H2,1-7H3/t21-,22?,23?,24-,25+,26-,27?,28-,29?,30?,31+,32+,33-,34-,35+,39-,40+,41+,42+/m0/s1. The average molecular weight is 797 g/mol. The number of carbonyl (C=O) groups excluding carboxylic acids is 1. The lowest BCUT2D eigenvalue weighted by atomic mass is 9.33. The zero-order valence-corrected chi connectivity index (χ0v) is 34.1. The fourth-order valence-corrected chi connectivity index (χ4v) is 13.6. The van der Waals surface area contributed by atoms with E-state index in [4.69, 9.17) is 18.9 Å². The summed E-state index contributed by atoms with van der Waals surface area (Å²) in [5.41, 5.74) is -1.17. The van der Waals surface area contributed by atoms with Crippen LogP contribution in [-0.2, 0) is 23.7 Å². The molecule has 0 radical (unpaired) electrons. The molecule has 9 N–H and O–H groups in total. The topological polar surface area (TPSA) is 236 Å². The van der Waals surface area contributed by atoms with Gasteiger partial charge >= 0.3 is 5.97 Å². The Balaban J connectivity index is 1.16. The number of hydrogen-bond donors (Lipinski definition) is 9. The van der Waals surface area contributed by atoms with Crippen LogP contribution in [0.15, 0.2) is 11.6 Å². The molecule has 2 saturated heterocycles. The Morgan fingerprint density at radius 1 is 0.714 bits per heavy atom. The molecule has 5 unspecified atom stereocenters. The van der Waals surface area contributed by atoms with E-state index >= 15 is 0 Å². The summed E-state index contributed by atoms with van der Waals surface area (Å²) in [6, 6.07) is 0. The smallest absolute Gasteiger partial charge is 0.317 e. The number of fused-ring (bicyclic) bond motifs is 7. The third-order valence-corrected chi connectivity index (χ3v) is 17.2. The number of aliphatic hydroxyl groups is 9. The molecule has 6 fully saturated rings. The second-order valence-electron chi connectivity index (χ2n) is 20.8. The van der Waals surface area contributed by atoms with Gasteiger partial charge in [-0.2, -0.15) is 0 Å². The molecule has 2 heterocycles. The molecule has 0 aromatic carbocycles. The number of esters is 1. The Bertz CT molecular complexity index is 1520. The fourth-order valence-electron chi connectivity index (χ4n) is 13.6. The molecule has 14 heteroatoms. The van der Waals surface area contributed by atoms with Gasteiger partial charge in [-0.05, 0) is 103 Å². The molecule has 19 atom stereocenters. The Morgan fingerprint density at radius 3 is 2.02 bits per heavy atom. The first-order chi connectivity index (χ1) is 26.0. The highest BCUT2D eigenvalue weighted by Gasteiger charge is 2.72. The third kappa shape index (κ3) is 6.13. The molecule has 5 aliphatic carbocycles. The van der Waals surface area contributed by atoms with Crippen LogP contribution in [0.1, 0.15) is 106 Å². The summed E-state index contributed by atoms with van der Waals surface area (Å²) in [7, 11) is 0. The van der Waals surface area contributed by atoms with Crippen molar-refractivity contribution in [2.45, 2.75) is 180 Å². The molecular weight excluding hydrogens is 728 g/mol. The molecule has 2 aliphatic heterocycles. The predicted molar refractivity (Wildman–Crippen MR) is 199 cm³/mol. The van der Waals surface area contributed by atoms with E-state index in [1.165, 1.54) is 5.57 Å². The zero-order chi connectivity index (χ0) is 41.1. The number of rotatable bonds is 6.